The second kappa shape index (κ2) is 5.56. The van der Waals surface area contributed by atoms with E-state index in [2.05, 4.69) is 15.5 Å². The summed E-state index contributed by atoms with van der Waals surface area (Å²) in [6, 6.07) is 5.53. The summed E-state index contributed by atoms with van der Waals surface area (Å²) in [5.41, 5.74) is 3.49. The summed E-state index contributed by atoms with van der Waals surface area (Å²) >= 11 is 0. The number of nitrogens with one attached hydrogen (secondary N) is 2. The smallest absolute Gasteiger partial charge is 0.255 e. The summed E-state index contributed by atoms with van der Waals surface area (Å²) in [7, 11) is 1.56. The minimum absolute atomic E-state index is 0.152. The Hall–Kier alpha value is -2.30. The molecule has 0 saturated carbocycles. The molecular formula is C14H17N3O2. The Bertz CT molecular complexity index is 590. The van der Waals surface area contributed by atoms with Crippen LogP contribution in [0.3, 0.4) is 0 Å². The van der Waals surface area contributed by atoms with Crippen LogP contribution in [0.4, 0.5) is 0 Å². The minimum atomic E-state index is -0.152. The first kappa shape index (κ1) is 13.1. The lowest BCUT2D eigenvalue weighted by atomic mass is 10.1. The van der Waals surface area contributed by atoms with Gasteiger partial charge in [-0.25, -0.2) is 0 Å². The van der Waals surface area contributed by atoms with E-state index < -0.39 is 0 Å². The van der Waals surface area contributed by atoms with Crippen LogP contribution in [0.25, 0.3) is 0 Å². The van der Waals surface area contributed by atoms with Crippen molar-refractivity contribution in [1.29, 1.82) is 0 Å². The lowest BCUT2D eigenvalue weighted by molar-refractivity contribution is 0.0948. The number of methoxy groups -OCH3 is 1. The molecule has 100 valence electrons. The predicted molar refractivity (Wildman–Crippen MR) is 72.2 cm³/mol. The minimum Gasteiger partial charge on any atom is -0.496 e. The van der Waals surface area contributed by atoms with Gasteiger partial charge in [-0.1, -0.05) is 11.6 Å². The van der Waals surface area contributed by atoms with Crippen LogP contribution in [0.1, 0.15) is 27.2 Å². The van der Waals surface area contributed by atoms with Crippen molar-refractivity contribution in [3.8, 4) is 5.75 Å². The number of H-pyrrole nitrogens is 1. The molecule has 2 aromatic rings. The third-order valence-corrected chi connectivity index (χ3v) is 2.97. The van der Waals surface area contributed by atoms with Crippen LogP contribution in [0.2, 0.25) is 0 Å². The zero-order valence-electron chi connectivity index (χ0n) is 11.3. The molecule has 5 heteroatoms. The standard InChI is InChI=1S/C14H17N3O2/c1-9-4-5-13(19-3)12(6-9)14(18)15-7-11-8-16-17-10(11)2/h4-6,8H,7H2,1-3H3,(H,15,18)(H,16,17). The highest BCUT2D eigenvalue weighted by Crippen LogP contribution is 2.19. The lowest BCUT2D eigenvalue weighted by Crippen LogP contribution is -2.23. The maximum atomic E-state index is 12.2. The first-order valence-electron chi connectivity index (χ1n) is 6.03. The topological polar surface area (TPSA) is 67.0 Å². The largest absolute Gasteiger partial charge is 0.496 e. The third-order valence-electron chi connectivity index (χ3n) is 2.97. The molecule has 2 rings (SSSR count). The highest BCUT2D eigenvalue weighted by atomic mass is 16.5. The van der Waals surface area contributed by atoms with E-state index in [4.69, 9.17) is 4.74 Å². The van der Waals surface area contributed by atoms with E-state index in [1.54, 1.807) is 19.4 Å². The van der Waals surface area contributed by atoms with Crippen LogP contribution in [-0.4, -0.2) is 23.2 Å². The molecule has 19 heavy (non-hydrogen) atoms. The second-order valence-electron chi connectivity index (χ2n) is 4.41. The summed E-state index contributed by atoms with van der Waals surface area (Å²) in [6.07, 6.45) is 1.71. The van der Waals surface area contributed by atoms with Gasteiger partial charge in [0.2, 0.25) is 0 Å². The van der Waals surface area contributed by atoms with Crippen LogP contribution in [-0.2, 0) is 6.54 Å². The average molecular weight is 259 g/mol. The Morgan fingerprint density at radius 3 is 2.84 bits per heavy atom. The van der Waals surface area contributed by atoms with Crippen molar-refractivity contribution >= 4 is 5.91 Å². The summed E-state index contributed by atoms with van der Waals surface area (Å²) < 4.78 is 5.20. The number of rotatable bonds is 4. The van der Waals surface area contributed by atoms with E-state index in [1.165, 1.54) is 0 Å². The second-order valence-corrected chi connectivity index (χ2v) is 4.41. The highest BCUT2D eigenvalue weighted by molar-refractivity contribution is 5.97. The fourth-order valence-corrected chi connectivity index (χ4v) is 1.82. The van der Waals surface area contributed by atoms with E-state index >= 15 is 0 Å². The molecule has 0 saturated heterocycles. The number of amides is 1. The maximum absolute atomic E-state index is 12.2. The molecule has 1 aromatic carbocycles. The summed E-state index contributed by atoms with van der Waals surface area (Å²) in [4.78, 5) is 12.2. The Kier molecular flexibility index (Phi) is 3.85. The summed E-state index contributed by atoms with van der Waals surface area (Å²) in [5.74, 6) is 0.424. The number of aromatic amines is 1. The normalized spacial score (nSPS) is 10.3. The van der Waals surface area contributed by atoms with Crippen LogP contribution >= 0.6 is 0 Å². The molecule has 1 heterocycles. The maximum Gasteiger partial charge on any atom is 0.255 e. The van der Waals surface area contributed by atoms with E-state index in [-0.39, 0.29) is 5.91 Å². The van der Waals surface area contributed by atoms with E-state index in [0.717, 1.165) is 16.8 Å². The molecule has 0 aliphatic heterocycles. The van der Waals surface area contributed by atoms with Gasteiger partial charge in [0.15, 0.2) is 0 Å². The molecule has 0 radical (unpaired) electrons. The first-order chi connectivity index (χ1) is 9.11. The van der Waals surface area contributed by atoms with Crippen molar-refractivity contribution < 1.29 is 9.53 Å². The van der Waals surface area contributed by atoms with Crippen LogP contribution in [0, 0.1) is 13.8 Å². The van der Waals surface area contributed by atoms with Gasteiger partial charge < -0.3 is 10.1 Å². The van der Waals surface area contributed by atoms with E-state index in [9.17, 15) is 4.79 Å². The Balaban J connectivity index is 2.12. The van der Waals surface area contributed by atoms with E-state index in [0.29, 0.717) is 17.9 Å². The van der Waals surface area contributed by atoms with Gasteiger partial charge >= 0.3 is 0 Å². The molecule has 0 unspecified atom stereocenters. The van der Waals surface area contributed by atoms with Gasteiger partial charge in [0.25, 0.3) is 5.91 Å². The third kappa shape index (κ3) is 2.93. The number of aromatic nitrogens is 2. The molecule has 5 nitrogen and oxygen atoms in total. The molecule has 0 bridgehead atoms. The SMILES string of the molecule is COc1ccc(C)cc1C(=O)NCc1cn[nH]c1C. The fourth-order valence-electron chi connectivity index (χ4n) is 1.82. The molecule has 2 N–H and O–H groups in total. The van der Waals surface area contributed by atoms with Gasteiger partial charge in [-0.05, 0) is 26.0 Å². The molecule has 1 aromatic heterocycles. The quantitative estimate of drug-likeness (QED) is 0.882. The lowest BCUT2D eigenvalue weighted by Gasteiger charge is -2.10. The zero-order chi connectivity index (χ0) is 13.8. The number of benzene rings is 1. The molecule has 1 amide bonds. The van der Waals surface area contributed by atoms with Crippen molar-refractivity contribution in [3.63, 3.8) is 0 Å². The monoisotopic (exact) mass is 259 g/mol. The number of ether oxygens (including phenoxy) is 1. The Labute approximate surface area is 112 Å². The molecule has 0 aliphatic rings. The van der Waals surface area contributed by atoms with Gasteiger partial charge in [0.05, 0.1) is 18.9 Å². The highest BCUT2D eigenvalue weighted by Gasteiger charge is 2.12. The van der Waals surface area contributed by atoms with Gasteiger partial charge in [0.1, 0.15) is 5.75 Å². The van der Waals surface area contributed by atoms with E-state index in [1.807, 2.05) is 26.0 Å². The van der Waals surface area contributed by atoms with Crippen molar-refractivity contribution in [2.45, 2.75) is 20.4 Å². The molecule has 0 atom stereocenters. The fraction of sp³-hybridized carbons (Fsp3) is 0.286. The van der Waals surface area contributed by atoms with Gasteiger partial charge in [-0.2, -0.15) is 5.10 Å². The summed E-state index contributed by atoms with van der Waals surface area (Å²) in [6.45, 7) is 4.30. The van der Waals surface area contributed by atoms with Gasteiger partial charge in [-0.3, -0.25) is 9.89 Å². The number of aryl methyl sites for hydroxylation is 2. The van der Waals surface area contributed by atoms with Crippen molar-refractivity contribution in [1.82, 2.24) is 15.5 Å². The van der Waals surface area contributed by atoms with Crippen molar-refractivity contribution in [2.24, 2.45) is 0 Å². The summed E-state index contributed by atoms with van der Waals surface area (Å²) in [5, 5.41) is 9.62. The van der Waals surface area contributed by atoms with Crippen molar-refractivity contribution in [3.05, 3.63) is 46.8 Å². The first-order valence-corrected chi connectivity index (χ1v) is 6.03. The van der Waals surface area contributed by atoms with Crippen LogP contribution < -0.4 is 10.1 Å². The molecule has 0 fully saturated rings. The van der Waals surface area contributed by atoms with Gasteiger partial charge in [0, 0.05) is 17.8 Å². The van der Waals surface area contributed by atoms with Gasteiger partial charge in [-0.15, -0.1) is 0 Å². The Morgan fingerprint density at radius 2 is 2.21 bits per heavy atom. The number of hydrogen-bond donors (Lipinski definition) is 2. The van der Waals surface area contributed by atoms with Crippen LogP contribution in [0.5, 0.6) is 5.75 Å². The molecule has 0 spiro atoms. The number of hydrogen-bond acceptors (Lipinski definition) is 3. The number of carbonyl (C=O) groups excluding carboxylic acids is 1. The molecular weight excluding hydrogens is 242 g/mol. The Morgan fingerprint density at radius 1 is 1.42 bits per heavy atom. The van der Waals surface area contributed by atoms with Crippen molar-refractivity contribution in [2.75, 3.05) is 7.11 Å². The number of nitrogens with zero attached hydrogens (tertiary/aromatic N) is 1. The average Bonchev–Trinajstić information content (AvgIpc) is 2.81. The molecule has 0 aliphatic carbocycles. The predicted octanol–water partition coefficient (Wildman–Crippen LogP) is 1.97. The number of carbonyl (C=O) groups is 1. The van der Waals surface area contributed by atoms with Crippen LogP contribution in [0.15, 0.2) is 24.4 Å². The zero-order valence-corrected chi connectivity index (χ0v) is 11.3.